The van der Waals surface area contributed by atoms with Gasteiger partial charge in [-0.25, -0.2) is 0 Å². The van der Waals surface area contributed by atoms with Crippen molar-refractivity contribution < 1.29 is 4.79 Å². The first-order valence-electron chi connectivity index (χ1n) is 8.34. The topological polar surface area (TPSA) is 65.1 Å². The van der Waals surface area contributed by atoms with Crippen LogP contribution in [-0.2, 0) is 26.4 Å². The van der Waals surface area contributed by atoms with Crippen LogP contribution in [0, 0.1) is 6.92 Å². The molecule has 0 atom stereocenters. The molecule has 3 aromatic heterocycles. The van der Waals surface area contributed by atoms with E-state index in [1.54, 1.807) is 29.7 Å². The number of thiazole rings is 1. The van der Waals surface area contributed by atoms with Crippen LogP contribution in [-0.4, -0.2) is 25.2 Å². The molecule has 25 heavy (non-hydrogen) atoms. The predicted octanol–water partition coefficient (Wildman–Crippen LogP) is 2.51. The predicted molar refractivity (Wildman–Crippen MR) is 96.5 cm³/mol. The van der Waals surface area contributed by atoms with Crippen LogP contribution in [0.3, 0.4) is 0 Å². The molecule has 0 saturated carbocycles. The van der Waals surface area contributed by atoms with Crippen molar-refractivity contribution in [1.82, 2.24) is 19.3 Å². The Bertz CT molecular complexity index is 1040. The molecule has 4 rings (SSSR count). The average Bonchev–Trinajstić information content (AvgIpc) is 3.15. The lowest BCUT2D eigenvalue weighted by atomic mass is 10.00. The van der Waals surface area contributed by atoms with Crippen molar-refractivity contribution in [1.29, 1.82) is 0 Å². The number of hydrogen-bond donors (Lipinski definition) is 0. The molecule has 0 aliphatic heterocycles. The summed E-state index contributed by atoms with van der Waals surface area (Å²) in [6, 6.07) is 3.54. The second kappa shape index (κ2) is 6.07. The second-order valence-electron chi connectivity index (χ2n) is 6.08. The largest absolute Gasteiger partial charge is 0.316 e. The maximum Gasteiger partial charge on any atom is 0.281 e. The van der Waals surface area contributed by atoms with Gasteiger partial charge in [-0.05, 0) is 38.8 Å². The zero-order chi connectivity index (χ0) is 17.6. The lowest BCUT2D eigenvalue weighted by Crippen LogP contribution is -2.18. The molecule has 128 valence electrons. The van der Waals surface area contributed by atoms with E-state index in [4.69, 9.17) is 0 Å². The van der Waals surface area contributed by atoms with Gasteiger partial charge in [0, 0.05) is 35.9 Å². The van der Waals surface area contributed by atoms with Gasteiger partial charge in [0.15, 0.2) is 4.80 Å². The summed E-state index contributed by atoms with van der Waals surface area (Å²) in [4.78, 5) is 23.3. The van der Waals surface area contributed by atoms with Gasteiger partial charge in [0.25, 0.3) is 5.91 Å². The molecule has 0 spiro atoms. The highest BCUT2D eigenvalue weighted by atomic mass is 32.1. The minimum absolute atomic E-state index is 0.238. The molecule has 1 aliphatic rings. The van der Waals surface area contributed by atoms with Crippen molar-refractivity contribution in [2.75, 3.05) is 0 Å². The maximum absolute atomic E-state index is 12.6. The lowest BCUT2D eigenvalue weighted by molar-refractivity contribution is 0.0997. The van der Waals surface area contributed by atoms with Gasteiger partial charge in [-0.1, -0.05) is 0 Å². The third-order valence-corrected chi connectivity index (χ3v) is 5.77. The van der Waals surface area contributed by atoms with Gasteiger partial charge >= 0.3 is 0 Å². The molecule has 0 bridgehead atoms. The summed E-state index contributed by atoms with van der Waals surface area (Å²) >= 11 is 1.61. The summed E-state index contributed by atoms with van der Waals surface area (Å²) in [5.74, 6) is -0.238. The van der Waals surface area contributed by atoms with Crippen LogP contribution in [0.5, 0.6) is 0 Å². The van der Waals surface area contributed by atoms with Crippen LogP contribution >= 0.6 is 11.3 Å². The molecule has 7 heteroatoms. The minimum atomic E-state index is -0.238. The number of fused-ring (bicyclic) bond motifs is 3. The fourth-order valence-electron chi connectivity index (χ4n) is 3.35. The van der Waals surface area contributed by atoms with E-state index in [1.807, 2.05) is 24.9 Å². The van der Waals surface area contributed by atoms with Crippen LogP contribution in [0.15, 0.2) is 29.5 Å². The van der Waals surface area contributed by atoms with Gasteiger partial charge < -0.3 is 4.57 Å². The lowest BCUT2D eigenvalue weighted by Gasteiger charge is -2.15. The summed E-state index contributed by atoms with van der Waals surface area (Å²) < 4.78 is 4.07. The molecule has 0 fully saturated rings. The second-order valence-corrected chi connectivity index (χ2v) is 7.14. The van der Waals surface area contributed by atoms with Crippen molar-refractivity contribution in [3.05, 3.63) is 51.2 Å². The zero-order valence-corrected chi connectivity index (χ0v) is 15.3. The van der Waals surface area contributed by atoms with Gasteiger partial charge in [-0.15, -0.1) is 11.3 Å². The number of carbonyl (C=O) groups excluding carboxylic acids is 1. The molecule has 1 amide bonds. The Morgan fingerprint density at radius 3 is 3.00 bits per heavy atom. The minimum Gasteiger partial charge on any atom is -0.316 e. The van der Waals surface area contributed by atoms with Crippen molar-refractivity contribution in [3.8, 4) is 11.3 Å². The summed E-state index contributed by atoms with van der Waals surface area (Å²) in [5.41, 5.74) is 4.83. The van der Waals surface area contributed by atoms with Crippen LogP contribution in [0.1, 0.15) is 33.5 Å². The van der Waals surface area contributed by atoms with E-state index in [1.165, 1.54) is 10.6 Å². The fraction of sp³-hybridized carbons (Fsp3) is 0.333. The van der Waals surface area contributed by atoms with Crippen molar-refractivity contribution in [2.45, 2.75) is 33.2 Å². The van der Waals surface area contributed by atoms with Gasteiger partial charge in [0.2, 0.25) is 0 Å². The first kappa shape index (κ1) is 16.0. The third-order valence-electron chi connectivity index (χ3n) is 4.64. The normalized spacial score (nSPS) is 13.6. The first-order valence-corrected chi connectivity index (χ1v) is 9.16. The quantitative estimate of drug-likeness (QED) is 0.711. The zero-order valence-electron chi connectivity index (χ0n) is 14.5. The molecule has 0 unspecified atom stereocenters. The summed E-state index contributed by atoms with van der Waals surface area (Å²) in [7, 11) is 1.98. The fourth-order valence-corrected chi connectivity index (χ4v) is 4.55. The molecule has 3 aromatic rings. The molecule has 0 N–H and O–H groups in total. The molecule has 3 heterocycles. The number of carbonyl (C=O) groups is 1. The van der Waals surface area contributed by atoms with E-state index in [0.29, 0.717) is 11.3 Å². The Balaban J connectivity index is 1.87. The SMILES string of the molecule is CCn1c2c(sc1=NC(=O)c1cccnc1C)CCc1c-2cnn1C. The van der Waals surface area contributed by atoms with E-state index in [0.717, 1.165) is 35.4 Å². The standard InChI is InChI=1S/C18H19N5OS/c1-4-23-16-13-10-20-22(3)14(13)7-8-15(16)25-18(23)21-17(24)12-6-5-9-19-11(12)2/h5-6,9-10H,4,7-8H2,1-3H3. The molecule has 0 saturated heterocycles. The molecular weight excluding hydrogens is 334 g/mol. The Morgan fingerprint density at radius 1 is 1.40 bits per heavy atom. The van der Waals surface area contributed by atoms with E-state index in [-0.39, 0.29) is 5.91 Å². The Kier molecular flexibility index (Phi) is 3.88. The van der Waals surface area contributed by atoms with E-state index in [9.17, 15) is 4.79 Å². The number of aromatic nitrogens is 4. The molecular formula is C18H19N5OS. The van der Waals surface area contributed by atoms with Gasteiger partial charge in [-0.3, -0.25) is 14.5 Å². The van der Waals surface area contributed by atoms with Crippen LogP contribution in [0.2, 0.25) is 0 Å². The smallest absolute Gasteiger partial charge is 0.281 e. The average molecular weight is 353 g/mol. The van der Waals surface area contributed by atoms with Crippen LogP contribution < -0.4 is 4.80 Å². The van der Waals surface area contributed by atoms with Gasteiger partial charge in [-0.2, -0.15) is 10.1 Å². The van der Waals surface area contributed by atoms with Crippen molar-refractivity contribution in [2.24, 2.45) is 12.0 Å². The molecule has 0 aromatic carbocycles. The third kappa shape index (κ3) is 2.55. The van der Waals surface area contributed by atoms with Crippen LogP contribution in [0.25, 0.3) is 11.3 Å². The summed E-state index contributed by atoms with van der Waals surface area (Å²) in [6.45, 7) is 4.67. The number of rotatable bonds is 2. The Labute approximate surface area is 149 Å². The number of nitrogens with zero attached hydrogens (tertiary/aromatic N) is 5. The summed E-state index contributed by atoms with van der Waals surface area (Å²) in [6.07, 6.45) is 5.54. The number of pyridine rings is 1. The first-order chi connectivity index (χ1) is 12.1. The number of amides is 1. The number of hydrogen-bond acceptors (Lipinski definition) is 4. The van der Waals surface area contributed by atoms with E-state index in [2.05, 4.69) is 26.6 Å². The highest BCUT2D eigenvalue weighted by Gasteiger charge is 2.25. The highest BCUT2D eigenvalue weighted by Crippen LogP contribution is 2.34. The Hall–Kier alpha value is -2.54. The van der Waals surface area contributed by atoms with E-state index >= 15 is 0 Å². The van der Waals surface area contributed by atoms with Crippen molar-refractivity contribution in [3.63, 3.8) is 0 Å². The monoisotopic (exact) mass is 353 g/mol. The molecule has 0 radical (unpaired) electrons. The van der Waals surface area contributed by atoms with Gasteiger partial charge in [0.1, 0.15) is 0 Å². The van der Waals surface area contributed by atoms with Gasteiger partial charge in [0.05, 0.1) is 23.1 Å². The molecule has 6 nitrogen and oxygen atoms in total. The number of aryl methyl sites for hydroxylation is 3. The Morgan fingerprint density at radius 2 is 2.24 bits per heavy atom. The maximum atomic E-state index is 12.6. The van der Waals surface area contributed by atoms with E-state index < -0.39 is 0 Å². The summed E-state index contributed by atoms with van der Waals surface area (Å²) in [5, 5.41) is 4.40. The highest BCUT2D eigenvalue weighted by molar-refractivity contribution is 7.09. The van der Waals surface area contributed by atoms with Crippen molar-refractivity contribution >= 4 is 17.2 Å². The molecule has 1 aliphatic carbocycles. The van der Waals surface area contributed by atoms with Crippen LogP contribution in [0.4, 0.5) is 0 Å².